The zero-order valence-corrected chi connectivity index (χ0v) is 17.9. The van der Waals surface area contributed by atoms with Gasteiger partial charge in [-0.25, -0.2) is 0 Å². The standard InChI is InChI=1S/C22H34N2O2S/c1-21(2,3)17-10-12-22(15-27,13-11-17)20(26)24-18(19(25)23-4)14-16-8-6-5-7-9-16/h5-9,17-18,27H,10-15H2,1-4H3,(H,23,25)(H,24,26)/t17-,18-,22+/m0/s1. The van der Waals surface area contributed by atoms with Crippen LogP contribution >= 0.6 is 12.6 Å². The highest BCUT2D eigenvalue weighted by Gasteiger charge is 2.43. The minimum Gasteiger partial charge on any atom is -0.357 e. The highest BCUT2D eigenvalue weighted by molar-refractivity contribution is 7.80. The van der Waals surface area contributed by atoms with Crippen LogP contribution in [0.3, 0.4) is 0 Å². The Morgan fingerprint density at radius 2 is 1.78 bits per heavy atom. The minimum atomic E-state index is -0.568. The molecule has 0 unspecified atom stereocenters. The van der Waals surface area contributed by atoms with Gasteiger partial charge in [0.25, 0.3) is 0 Å². The molecular formula is C22H34N2O2S. The van der Waals surface area contributed by atoms with E-state index in [4.69, 9.17) is 0 Å². The van der Waals surface area contributed by atoms with Crippen molar-refractivity contribution in [3.05, 3.63) is 35.9 Å². The Morgan fingerprint density at radius 3 is 2.26 bits per heavy atom. The summed E-state index contributed by atoms with van der Waals surface area (Å²) >= 11 is 4.53. The molecule has 0 saturated heterocycles. The van der Waals surface area contributed by atoms with Gasteiger partial charge in [0.2, 0.25) is 11.8 Å². The van der Waals surface area contributed by atoms with E-state index in [1.54, 1.807) is 7.05 Å². The second kappa shape index (κ2) is 9.13. The summed E-state index contributed by atoms with van der Waals surface area (Å²) in [5, 5.41) is 5.71. The minimum absolute atomic E-state index is 0.0330. The van der Waals surface area contributed by atoms with Gasteiger partial charge in [-0.2, -0.15) is 12.6 Å². The number of hydrogen-bond donors (Lipinski definition) is 3. The molecule has 0 radical (unpaired) electrons. The predicted octanol–water partition coefficient (Wildman–Crippen LogP) is 3.61. The molecule has 1 aromatic rings. The van der Waals surface area contributed by atoms with Gasteiger partial charge in [0, 0.05) is 19.2 Å². The molecule has 0 heterocycles. The number of thiol groups is 1. The molecule has 2 N–H and O–H groups in total. The van der Waals surface area contributed by atoms with E-state index < -0.39 is 11.5 Å². The van der Waals surface area contributed by atoms with Gasteiger partial charge >= 0.3 is 0 Å². The van der Waals surface area contributed by atoms with E-state index in [1.807, 2.05) is 30.3 Å². The fraction of sp³-hybridized carbons (Fsp3) is 0.636. The second-order valence-electron chi connectivity index (χ2n) is 8.91. The lowest BCUT2D eigenvalue weighted by atomic mass is 9.64. The Kier molecular flexibility index (Phi) is 7.38. The molecule has 0 spiro atoms. The molecule has 1 aliphatic rings. The second-order valence-corrected chi connectivity index (χ2v) is 9.22. The molecule has 1 fully saturated rings. The summed E-state index contributed by atoms with van der Waals surface area (Å²) in [4.78, 5) is 25.6. The smallest absolute Gasteiger partial charge is 0.242 e. The Morgan fingerprint density at radius 1 is 1.19 bits per heavy atom. The van der Waals surface area contributed by atoms with E-state index in [0.29, 0.717) is 18.1 Å². The molecule has 150 valence electrons. The molecule has 5 heteroatoms. The normalized spacial score (nSPS) is 24.1. The third-order valence-electron chi connectivity index (χ3n) is 6.10. The van der Waals surface area contributed by atoms with Crippen molar-refractivity contribution in [1.82, 2.24) is 10.6 Å². The number of rotatable bonds is 6. The van der Waals surface area contributed by atoms with Gasteiger partial charge in [-0.1, -0.05) is 51.1 Å². The van der Waals surface area contributed by atoms with Crippen LogP contribution in [0.1, 0.15) is 52.0 Å². The number of carbonyl (C=O) groups is 2. The van der Waals surface area contributed by atoms with Crippen molar-refractivity contribution in [3.63, 3.8) is 0 Å². The number of nitrogens with one attached hydrogen (secondary N) is 2. The van der Waals surface area contributed by atoms with Crippen LogP contribution in [-0.4, -0.2) is 30.7 Å². The summed E-state index contributed by atoms with van der Waals surface area (Å²) in [7, 11) is 1.61. The number of carbonyl (C=O) groups excluding carboxylic acids is 2. The van der Waals surface area contributed by atoms with Gasteiger partial charge in [0.15, 0.2) is 0 Å². The van der Waals surface area contributed by atoms with E-state index in [2.05, 4.69) is 44.0 Å². The van der Waals surface area contributed by atoms with E-state index in [9.17, 15) is 9.59 Å². The first-order valence-electron chi connectivity index (χ1n) is 9.89. The highest BCUT2D eigenvalue weighted by Crippen LogP contribution is 2.46. The van der Waals surface area contributed by atoms with Crippen molar-refractivity contribution in [2.45, 2.75) is 58.9 Å². The summed E-state index contributed by atoms with van der Waals surface area (Å²) in [5.41, 5.74) is 0.813. The molecule has 1 saturated carbocycles. The summed E-state index contributed by atoms with van der Waals surface area (Å²) in [5.74, 6) is 0.943. The average molecular weight is 391 g/mol. The zero-order chi connectivity index (χ0) is 20.1. The molecule has 4 nitrogen and oxygen atoms in total. The van der Waals surface area contributed by atoms with Gasteiger partial charge in [0.1, 0.15) is 6.04 Å². The van der Waals surface area contributed by atoms with Gasteiger partial charge in [-0.05, 0) is 42.6 Å². The monoisotopic (exact) mass is 390 g/mol. The Balaban J connectivity index is 2.09. The highest BCUT2D eigenvalue weighted by atomic mass is 32.1. The topological polar surface area (TPSA) is 58.2 Å². The third kappa shape index (κ3) is 5.50. The number of hydrogen-bond acceptors (Lipinski definition) is 3. The fourth-order valence-electron chi connectivity index (χ4n) is 4.04. The van der Waals surface area contributed by atoms with Gasteiger partial charge < -0.3 is 10.6 Å². The maximum absolute atomic E-state index is 13.2. The Bertz CT molecular complexity index is 631. The van der Waals surface area contributed by atoms with Crippen LogP contribution in [0.5, 0.6) is 0 Å². The van der Waals surface area contributed by atoms with Crippen LogP contribution in [0.15, 0.2) is 30.3 Å². The molecule has 2 amide bonds. The lowest BCUT2D eigenvalue weighted by Crippen LogP contribution is -2.53. The molecule has 0 aromatic heterocycles. The lowest BCUT2D eigenvalue weighted by Gasteiger charge is -2.43. The molecule has 1 aromatic carbocycles. The first kappa shape index (κ1) is 21.8. The molecule has 0 aliphatic heterocycles. The first-order valence-corrected chi connectivity index (χ1v) is 10.5. The van der Waals surface area contributed by atoms with Crippen molar-refractivity contribution in [2.75, 3.05) is 12.8 Å². The summed E-state index contributed by atoms with van der Waals surface area (Å²) in [6.45, 7) is 6.81. The average Bonchev–Trinajstić information content (AvgIpc) is 2.66. The van der Waals surface area contributed by atoms with E-state index in [1.165, 1.54) is 0 Å². The van der Waals surface area contributed by atoms with Crippen LogP contribution in [0, 0.1) is 16.7 Å². The molecular weight excluding hydrogens is 356 g/mol. The van der Waals surface area contributed by atoms with Crippen LogP contribution in [-0.2, 0) is 16.0 Å². The van der Waals surface area contributed by atoms with Crippen LogP contribution in [0.25, 0.3) is 0 Å². The number of likely N-dealkylation sites (N-methyl/N-ethyl adjacent to an activating group) is 1. The van der Waals surface area contributed by atoms with Gasteiger partial charge in [-0.15, -0.1) is 0 Å². The van der Waals surface area contributed by atoms with Crippen molar-refractivity contribution >= 4 is 24.4 Å². The molecule has 1 aliphatic carbocycles. The van der Waals surface area contributed by atoms with Crippen LogP contribution < -0.4 is 10.6 Å². The summed E-state index contributed by atoms with van der Waals surface area (Å²) in [6.07, 6.45) is 4.20. The van der Waals surface area contributed by atoms with Crippen molar-refractivity contribution in [2.24, 2.45) is 16.7 Å². The third-order valence-corrected chi connectivity index (χ3v) is 6.71. The lowest BCUT2D eigenvalue weighted by molar-refractivity contribution is -0.136. The van der Waals surface area contributed by atoms with E-state index in [-0.39, 0.29) is 17.2 Å². The van der Waals surface area contributed by atoms with Crippen molar-refractivity contribution in [3.8, 4) is 0 Å². The maximum Gasteiger partial charge on any atom is 0.242 e. The van der Waals surface area contributed by atoms with Gasteiger partial charge in [0.05, 0.1) is 5.41 Å². The Labute approximate surface area is 169 Å². The first-order chi connectivity index (χ1) is 12.7. The largest absolute Gasteiger partial charge is 0.357 e. The molecule has 2 rings (SSSR count). The van der Waals surface area contributed by atoms with Crippen molar-refractivity contribution < 1.29 is 9.59 Å². The quantitative estimate of drug-likeness (QED) is 0.650. The Hall–Kier alpha value is -1.49. The maximum atomic E-state index is 13.2. The van der Waals surface area contributed by atoms with Gasteiger partial charge in [-0.3, -0.25) is 9.59 Å². The number of amides is 2. The van der Waals surface area contributed by atoms with Crippen LogP contribution in [0.2, 0.25) is 0 Å². The fourth-order valence-corrected chi connectivity index (χ4v) is 4.50. The van der Waals surface area contributed by atoms with Crippen LogP contribution in [0.4, 0.5) is 0 Å². The molecule has 0 bridgehead atoms. The predicted molar refractivity (Wildman–Crippen MR) is 114 cm³/mol. The number of benzene rings is 1. The molecule has 1 atom stereocenters. The molecule has 27 heavy (non-hydrogen) atoms. The summed E-state index contributed by atoms with van der Waals surface area (Å²) in [6, 6.07) is 9.22. The van der Waals surface area contributed by atoms with E-state index >= 15 is 0 Å². The summed E-state index contributed by atoms with van der Waals surface area (Å²) < 4.78 is 0. The van der Waals surface area contributed by atoms with E-state index in [0.717, 1.165) is 31.2 Å². The zero-order valence-electron chi connectivity index (χ0n) is 17.0. The van der Waals surface area contributed by atoms with Crippen molar-refractivity contribution in [1.29, 1.82) is 0 Å². The SMILES string of the molecule is CNC(=O)[C@H](Cc1ccccc1)NC(=O)[C@]1(CS)CC[C@H](C(C)(C)C)CC1.